The minimum atomic E-state index is -0.149. The minimum Gasteiger partial charge on any atom is -0.383 e. The summed E-state index contributed by atoms with van der Waals surface area (Å²) in [7, 11) is 5.00. The zero-order valence-electron chi connectivity index (χ0n) is 13.0. The zero-order chi connectivity index (χ0) is 15.8. The molecule has 6 nitrogen and oxygen atoms in total. The van der Waals surface area contributed by atoms with Gasteiger partial charge in [-0.1, -0.05) is 6.07 Å². The highest BCUT2D eigenvalue weighted by Gasteiger charge is 2.11. The number of carbonyl (C=O) groups is 2. The number of hydrogen-bond donors (Lipinski definition) is 2. The molecular weight excluding hydrogens is 270 g/mol. The molecule has 2 amide bonds. The molecule has 0 spiro atoms. The number of hydrogen-bond acceptors (Lipinski definition) is 4. The Balaban J connectivity index is 2.67. The van der Waals surface area contributed by atoms with Crippen LogP contribution in [0.3, 0.4) is 0 Å². The lowest BCUT2D eigenvalue weighted by Gasteiger charge is -2.13. The molecular formula is C15H23N3O3. The van der Waals surface area contributed by atoms with Crippen LogP contribution in [0.15, 0.2) is 18.2 Å². The molecule has 0 aliphatic rings. The van der Waals surface area contributed by atoms with E-state index < -0.39 is 0 Å². The molecule has 1 aromatic rings. The largest absolute Gasteiger partial charge is 0.383 e. The van der Waals surface area contributed by atoms with Gasteiger partial charge in [-0.25, -0.2) is 0 Å². The second-order valence-corrected chi connectivity index (χ2v) is 4.95. The summed E-state index contributed by atoms with van der Waals surface area (Å²) in [6.07, 6.45) is 0. The van der Waals surface area contributed by atoms with E-state index in [1.165, 1.54) is 4.90 Å². The number of anilines is 1. The van der Waals surface area contributed by atoms with Crippen molar-refractivity contribution in [3.63, 3.8) is 0 Å². The molecule has 0 heterocycles. The summed E-state index contributed by atoms with van der Waals surface area (Å²) in [5.74, 6) is -0.243. The van der Waals surface area contributed by atoms with Crippen LogP contribution >= 0.6 is 0 Å². The molecule has 1 rings (SSSR count). The summed E-state index contributed by atoms with van der Waals surface area (Å²) in [6.45, 7) is 3.26. The van der Waals surface area contributed by atoms with Gasteiger partial charge in [0.05, 0.1) is 13.2 Å². The van der Waals surface area contributed by atoms with Crippen molar-refractivity contribution in [2.45, 2.75) is 6.92 Å². The van der Waals surface area contributed by atoms with E-state index in [2.05, 4.69) is 10.6 Å². The lowest BCUT2D eigenvalue weighted by molar-refractivity contribution is -0.115. The third-order valence-electron chi connectivity index (χ3n) is 2.93. The van der Waals surface area contributed by atoms with Gasteiger partial charge in [0.15, 0.2) is 0 Å². The Kier molecular flexibility index (Phi) is 6.84. The van der Waals surface area contributed by atoms with E-state index in [0.717, 1.165) is 5.56 Å². The first kappa shape index (κ1) is 17.1. The SMILES string of the molecule is COCCNCC(=O)Nc1cc(C(=O)N(C)C)ccc1C. The molecule has 0 radical (unpaired) electrons. The fourth-order valence-corrected chi connectivity index (χ4v) is 1.72. The van der Waals surface area contributed by atoms with Crippen molar-refractivity contribution in [1.29, 1.82) is 0 Å². The maximum Gasteiger partial charge on any atom is 0.253 e. The molecule has 21 heavy (non-hydrogen) atoms. The quantitative estimate of drug-likeness (QED) is 0.732. The average molecular weight is 293 g/mol. The predicted octanol–water partition coefficient (Wildman–Crippen LogP) is 0.871. The summed E-state index contributed by atoms with van der Waals surface area (Å²) < 4.78 is 4.89. The molecule has 116 valence electrons. The fraction of sp³-hybridized carbons (Fsp3) is 0.467. The Morgan fingerprint density at radius 1 is 1.29 bits per heavy atom. The van der Waals surface area contributed by atoms with Crippen LogP contribution in [0.2, 0.25) is 0 Å². The van der Waals surface area contributed by atoms with Gasteiger partial charge in [-0.05, 0) is 24.6 Å². The van der Waals surface area contributed by atoms with Gasteiger partial charge in [0.2, 0.25) is 5.91 Å². The average Bonchev–Trinajstić information content (AvgIpc) is 2.45. The third kappa shape index (κ3) is 5.53. The molecule has 0 saturated carbocycles. The van der Waals surface area contributed by atoms with Gasteiger partial charge < -0.3 is 20.3 Å². The first-order valence-corrected chi connectivity index (χ1v) is 6.77. The van der Waals surface area contributed by atoms with Crippen molar-refractivity contribution in [1.82, 2.24) is 10.2 Å². The molecule has 6 heteroatoms. The van der Waals surface area contributed by atoms with Gasteiger partial charge in [0.25, 0.3) is 5.91 Å². The molecule has 0 atom stereocenters. The van der Waals surface area contributed by atoms with Crippen molar-refractivity contribution >= 4 is 17.5 Å². The summed E-state index contributed by atoms with van der Waals surface area (Å²) in [6, 6.07) is 5.28. The van der Waals surface area contributed by atoms with Crippen LogP contribution in [0.4, 0.5) is 5.69 Å². The zero-order valence-corrected chi connectivity index (χ0v) is 13.0. The lowest BCUT2D eigenvalue weighted by atomic mass is 10.1. The Morgan fingerprint density at radius 3 is 2.62 bits per heavy atom. The van der Waals surface area contributed by atoms with Gasteiger partial charge in [0, 0.05) is 39.0 Å². The number of methoxy groups -OCH3 is 1. The fourth-order valence-electron chi connectivity index (χ4n) is 1.72. The van der Waals surface area contributed by atoms with Crippen LogP contribution in [0, 0.1) is 6.92 Å². The van der Waals surface area contributed by atoms with Crippen LogP contribution in [0.1, 0.15) is 15.9 Å². The third-order valence-corrected chi connectivity index (χ3v) is 2.93. The summed E-state index contributed by atoms with van der Waals surface area (Å²) >= 11 is 0. The van der Waals surface area contributed by atoms with Crippen molar-refractivity contribution in [2.24, 2.45) is 0 Å². The van der Waals surface area contributed by atoms with E-state index in [9.17, 15) is 9.59 Å². The summed E-state index contributed by atoms with van der Waals surface area (Å²) in [5.41, 5.74) is 2.12. The number of ether oxygens (including phenoxy) is 1. The van der Waals surface area contributed by atoms with Gasteiger partial charge in [0.1, 0.15) is 0 Å². The van der Waals surface area contributed by atoms with E-state index in [1.54, 1.807) is 33.3 Å². The van der Waals surface area contributed by atoms with E-state index in [1.807, 2.05) is 13.0 Å². The second-order valence-electron chi connectivity index (χ2n) is 4.95. The lowest BCUT2D eigenvalue weighted by Crippen LogP contribution is -2.30. The standard InChI is InChI=1S/C15H23N3O3/c1-11-5-6-12(15(20)18(2)3)9-13(11)17-14(19)10-16-7-8-21-4/h5-6,9,16H,7-8,10H2,1-4H3,(H,17,19). The molecule has 0 aliphatic heterocycles. The normalized spacial score (nSPS) is 10.3. The Bertz CT molecular complexity index is 501. The van der Waals surface area contributed by atoms with Crippen LogP contribution in [0.25, 0.3) is 0 Å². The number of rotatable bonds is 7. The number of nitrogens with zero attached hydrogens (tertiary/aromatic N) is 1. The molecule has 0 fully saturated rings. The Labute approximate surface area is 125 Å². The van der Waals surface area contributed by atoms with E-state index >= 15 is 0 Å². The van der Waals surface area contributed by atoms with Crippen molar-refractivity contribution in [2.75, 3.05) is 46.2 Å². The monoisotopic (exact) mass is 293 g/mol. The van der Waals surface area contributed by atoms with E-state index in [0.29, 0.717) is 24.4 Å². The van der Waals surface area contributed by atoms with Crippen molar-refractivity contribution < 1.29 is 14.3 Å². The maximum atomic E-state index is 11.9. The Morgan fingerprint density at radius 2 is 2.00 bits per heavy atom. The van der Waals surface area contributed by atoms with Crippen molar-refractivity contribution in [3.8, 4) is 0 Å². The van der Waals surface area contributed by atoms with Crippen LogP contribution in [-0.2, 0) is 9.53 Å². The molecule has 0 saturated heterocycles. The smallest absolute Gasteiger partial charge is 0.253 e. The highest BCUT2D eigenvalue weighted by atomic mass is 16.5. The topological polar surface area (TPSA) is 70.7 Å². The minimum absolute atomic E-state index is 0.0938. The Hall–Kier alpha value is -1.92. The van der Waals surface area contributed by atoms with Crippen LogP contribution in [-0.4, -0.2) is 57.6 Å². The summed E-state index contributed by atoms with van der Waals surface area (Å²) in [4.78, 5) is 25.3. The first-order chi connectivity index (χ1) is 9.95. The number of aryl methyl sites for hydroxylation is 1. The highest BCUT2D eigenvalue weighted by Crippen LogP contribution is 2.17. The second kappa shape index (κ2) is 8.39. The molecule has 2 N–H and O–H groups in total. The highest BCUT2D eigenvalue weighted by molar-refractivity contribution is 5.98. The number of amides is 2. The molecule has 0 aromatic heterocycles. The number of carbonyl (C=O) groups excluding carboxylic acids is 2. The van der Waals surface area contributed by atoms with Gasteiger partial charge in [-0.3, -0.25) is 9.59 Å². The number of nitrogens with one attached hydrogen (secondary N) is 2. The van der Waals surface area contributed by atoms with Crippen LogP contribution < -0.4 is 10.6 Å². The van der Waals surface area contributed by atoms with Crippen LogP contribution in [0.5, 0.6) is 0 Å². The van der Waals surface area contributed by atoms with Gasteiger partial charge >= 0.3 is 0 Å². The maximum absolute atomic E-state index is 11.9. The number of benzene rings is 1. The molecule has 1 aromatic carbocycles. The van der Waals surface area contributed by atoms with Crippen molar-refractivity contribution in [3.05, 3.63) is 29.3 Å². The molecule has 0 bridgehead atoms. The summed E-state index contributed by atoms with van der Waals surface area (Å²) in [5, 5.41) is 5.78. The molecule has 0 aliphatic carbocycles. The van der Waals surface area contributed by atoms with E-state index in [-0.39, 0.29) is 18.4 Å². The van der Waals surface area contributed by atoms with Gasteiger partial charge in [-0.2, -0.15) is 0 Å². The molecule has 0 unspecified atom stereocenters. The predicted molar refractivity (Wildman–Crippen MR) is 82.6 cm³/mol. The van der Waals surface area contributed by atoms with E-state index in [4.69, 9.17) is 4.74 Å². The first-order valence-electron chi connectivity index (χ1n) is 6.77. The van der Waals surface area contributed by atoms with Gasteiger partial charge in [-0.15, -0.1) is 0 Å².